The van der Waals surface area contributed by atoms with Crippen LogP contribution in [0.5, 0.6) is 0 Å². The third kappa shape index (κ3) is 2.33. The van der Waals surface area contributed by atoms with Crippen LogP contribution in [-0.4, -0.2) is 10.8 Å². The lowest BCUT2D eigenvalue weighted by molar-refractivity contribution is 0.103. The Morgan fingerprint density at radius 2 is 2.00 bits per heavy atom. The molecule has 0 saturated heterocycles. The number of carbonyl (C=O) groups excluding carboxylic acids is 1. The first kappa shape index (κ1) is 11.0. The third-order valence-corrected chi connectivity index (χ3v) is 2.55. The fraction of sp³-hybridized carbons (Fsp3) is 0. The van der Waals surface area contributed by atoms with Crippen LogP contribution in [0.25, 0.3) is 0 Å². The van der Waals surface area contributed by atoms with Gasteiger partial charge in [-0.3, -0.25) is 9.78 Å². The largest absolute Gasteiger partial charge is 0.289 e. The normalized spacial score (nSPS) is 10.1. The quantitative estimate of drug-likeness (QED) is 0.790. The molecule has 0 aliphatic rings. The fourth-order valence-corrected chi connectivity index (χ4v) is 1.73. The van der Waals surface area contributed by atoms with Gasteiger partial charge in [0.15, 0.2) is 5.78 Å². The summed E-state index contributed by atoms with van der Waals surface area (Å²) in [6.45, 7) is 0. The summed E-state index contributed by atoms with van der Waals surface area (Å²) in [6.07, 6.45) is 2.42. The van der Waals surface area contributed by atoms with Crippen molar-refractivity contribution < 1.29 is 9.18 Å². The average Bonchev–Trinajstić information content (AvgIpc) is 2.28. The molecule has 0 fully saturated rings. The molecule has 16 heavy (non-hydrogen) atoms. The standard InChI is InChI=1S/C12H7BrFNO/c13-10-3-1-2-8(4-10)12(16)9-5-11(14)7-15-6-9/h1-7H. The molecule has 0 aliphatic heterocycles. The highest BCUT2D eigenvalue weighted by Gasteiger charge is 2.10. The summed E-state index contributed by atoms with van der Waals surface area (Å²) in [5.74, 6) is -0.755. The van der Waals surface area contributed by atoms with Gasteiger partial charge in [0.2, 0.25) is 0 Å². The molecule has 0 amide bonds. The van der Waals surface area contributed by atoms with Crippen molar-refractivity contribution in [3.8, 4) is 0 Å². The highest BCUT2D eigenvalue weighted by molar-refractivity contribution is 9.10. The van der Waals surface area contributed by atoms with E-state index in [1.807, 2.05) is 6.07 Å². The molecule has 0 saturated carbocycles. The van der Waals surface area contributed by atoms with E-state index < -0.39 is 5.82 Å². The first-order chi connectivity index (χ1) is 7.66. The Morgan fingerprint density at radius 1 is 1.19 bits per heavy atom. The highest BCUT2D eigenvalue weighted by Crippen LogP contribution is 2.15. The van der Waals surface area contributed by atoms with Crippen molar-refractivity contribution in [1.29, 1.82) is 0 Å². The van der Waals surface area contributed by atoms with Crippen molar-refractivity contribution in [3.05, 3.63) is 64.1 Å². The number of ketones is 1. The van der Waals surface area contributed by atoms with E-state index in [0.29, 0.717) is 5.56 Å². The van der Waals surface area contributed by atoms with Crippen LogP contribution in [0.4, 0.5) is 4.39 Å². The molecule has 0 atom stereocenters. The zero-order chi connectivity index (χ0) is 11.5. The van der Waals surface area contributed by atoms with Gasteiger partial charge in [-0.05, 0) is 18.2 Å². The molecule has 0 radical (unpaired) electrons. The van der Waals surface area contributed by atoms with Gasteiger partial charge in [-0.1, -0.05) is 28.1 Å². The van der Waals surface area contributed by atoms with Crippen molar-refractivity contribution in [2.75, 3.05) is 0 Å². The van der Waals surface area contributed by atoms with E-state index in [9.17, 15) is 9.18 Å². The van der Waals surface area contributed by atoms with Crippen LogP contribution in [0, 0.1) is 5.82 Å². The summed E-state index contributed by atoms with van der Waals surface area (Å²) >= 11 is 3.28. The molecular formula is C12H7BrFNO. The van der Waals surface area contributed by atoms with Gasteiger partial charge in [-0.25, -0.2) is 4.39 Å². The van der Waals surface area contributed by atoms with Gasteiger partial charge in [0.05, 0.1) is 6.20 Å². The third-order valence-electron chi connectivity index (χ3n) is 2.05. The Hall–Kier alpha value is -1.55. The molecule has 0 spiro atoms. The van der Waals surface area contributed by atoms with E-state index in [-0.39, 0.29) is 11.3 Å². The Balaban J connectivity index is 2.39. The molecule has 1 aromatic heterocycles. The van der Waals surface area contributed by atoms with Gasteiger partial charge < -0.3 is 0 Å². The van der Waals surface area contributed by atoms with E-state index in [1.165, 1.54) is 12.3 Å². The van der Waals surface area contributed by atoms with Crippen LogP contribution in [0.15, 0.2) is 47.2 Å². The minimum absolute atomic E-state index is 0.242. The van der Waals surface area contributed by atoms with Gasteiger partial charge in [0.25, 0.3) is 0 Å². The van der Waals surface area contributed by atoms with Crippen LogP contribution in [0.1, 0.15) is 15.9 Å². The van der Waals surface area contributed by atoms with E-state index >= 15 is 0 Å². The molecule has 0 aliphatic carbocycles. The zero-order valence-corrected chi connectivity index (χ0v) is 9.74. The number of hydrogen-bond acceptors (Lipinski definition) is 2. The van der Waals surface area contributed by atoms with Gasteiger partial charge in [-0.2, -0.15) is 0 Å². The van der Waals surface area contributed by atoms with Crippen LogP contribution >= 0.6 is 15.9 Å². The Morgan fingerprint density at radius 3 is 2.69 bits per heavy atom. The lowest BCUT2D eigenvalue weighted by Crippen LogP contribution is -2.02. The number of nitrogens with zero attached hydrogens (tertiary/aromatic N) is 1. The predicted octanol–water partition coefficient (Wildman–Crippen LogP) is 3.21. The second-order valence-corrected chi connectivity index (χ2v) is 4.15. The zero-order valence-electron chi connectivity index (χ0n) is 8.15. The van der Waals surface area contributed by atoms with Gasteiger partial charge in [0.1, 0.15) is 5.82 Å². The SMILES string of the molecule is O=C(c1cncc(F)c1)c1cccc(Br)c1. The van der Waals surface area contributed by atoms with Crippen molar-refractivity contribution in [3.63, 3.8) is 0 Å². The maximum Gasteiger partial charge on any atom is 0.194 e. The Bertz CT molecular complexity index is 495. The first-order valence-corrected chi connectivity index (χ1v) is 5.37. The van der Waals surface area contributed by atoms with Gasteiger partial charge in [-0.15, -0.1) is 0 Å². The molecule has 2 rings (SSSR count). The number of carbonyl (C=O) groups is 1. The number of benzene rings is 1. The van der Waals surface area contributed by atoms with Crippen LogP contribution in [-0.2, 0) is 0 Å². The van der Waals surface area contributed by atoms with E-state index in [0.717, 1.165) is 10.7 Å². The summed E-state index contributed by atoms with van der Waals surface area (Å²) in [4.78, 5) is 15.6. The average molecular weight is 280 g/mol. The van der Waals surface area contributed by atoms with Crippen LogP contribution in [0.3, 0.4) is 0 Å². The molecular weight excluding hydrogens is 273 g/mol. The molecule has 1 heterocycles. The lowest BCUT2D eigenvalue weighted by atomic mass is 10.1. The molecule has 1 aromatic carbocycles. The van der Waals surface area contributed by atoms with E-state index in [1.54, 1.807) is 18.2 Å². The molecule has 2 aromatic rings. The van der Waals surface area contributed by atoms with Gasteiger partial charge in [0, 0.05) is 21.8 Å². The highest BCUT2D eigenvalue weighted by atomic mass is 79.9. The summed E-state index contributed by atoms with van der Waals surface area (Å²) in [5.41, 5.74) is 0.750. The molecule has 0 bridgehead atoms. The minimum atomic E-state index is -0.513. The van der Waals surface area contributed by atoms with Gasteiger partial charge >= 0.3 is 0 Å². The topological polar surface area (TPSA) is 30.0 Å². The summed E-state index contributed by atoms with van der Waals surface area (Å²) in [7, 11) is 0. The fourth-order valence-electron chi connectivity index (χ4n) is 1.33. The monoisotopic (exact) mass is 279 g/mol. The first-order valence-electron chi connectivity index (χ1n) is 4.57. The number of halogens is 2. The van der Waals surface area contributed by atoms with E-state index in [4.69, 9.17) is 0 Å². The molecule has 4 heteroatoms. The molecule has 0 N–H and O–H groups in total. The maximum atomic E-state index is 12.9. The summed E-state index contributed by atoms with van der Waals surface area (Å²) < 4.78 is 13.7. The minimum Gasteiger partial charge on any atom is -0.289 e. The smallest absolute Gasteiger partial charge is 0.194 e. The van der Waals surface area contributed by atoms with Crippen LogP contribution in [0.2, 0.25) is 0 Å². The second-order valence-electron chi connectivity index (χ2n) is 3.23. The number of aromatic nitrogens is 1. The Kier molecular flexibility index (Phi) is 3.10. The summed E-state index contributed by atoms with van der Waals surface area (Å²) in [6, 6.07) is 8.12. The van der Waals surface area contributed by atoms with Crippen molar-refractivity contribution >= 4 is 21.7 Å². The lowest BCUT2D eigenvalue weighted by Gasteiger charge is -2.01. The molecule has 0 unspecified atom stereocenters. The van der Waals surface area contributed by atoms with Crippen molar-refractivity contribution in [2.24, 2.45) is 0 Å². The number of hydrogen-bond donors (Lipinski definition) is 0. The number of pyridine rings is 1. The van der Waals surface area contributed by atoms with Crippen molar-refractivity contribution in [2.45, 2.75) is 0 Å². The predicted molar refractivity (Wildman–Crippen MR) is 61.8 cm³/mol. The number of rotatable bonds is 2. The van der Waals surface area contributed by atoms with Crippen LogP contribution < -0.4 is 0 Å². The Labute approximate surface area is 100 Å². The van der Waals surface area contributed by atoms with E-state index in [2.05, 4.69) is 20.9 Å². The maximum absolute atomic E-state index is 12.9. The summed E-state index contributed by atoms with van der Waals surface area (Å²) in [5, 5.41) is 0. The van der Waals surface area contributed by atoms with Crippen molar-refractivity contribution in [1.82, 2.24) is 4.98 Å². The molecule has 2 nitrogen and oxygen atoms in total. The molecule has 80 valence electrons. The second kappa shape index (κ2) is 4.53.